The Morgan fingerprint density at radius 1 is 1.32 bits per heavy atom. The van der Waals surface area contributed by atoms with Gasteiger partial charge in [-0.05, 0) is 32.0 Å². The van der Waals surface area contributed by atoms with Gasteiger partial charge in [0.05, 0.1) is 5.92 Å². The lowest BCUT2D eigenvalue weighted by molar-refractivity contribution is 0.331. The lowest BCUT2D eigenvalue weighted by Crippen LogP contribution is -2.31. The van der Waals surface area contributed by atoms with E-state index < -0.39 is 0 Å². The molecule has 2 aromatic rings. The molecule has 19 heavy (non-hydrogen) atoms. The molecule has 2 rings (SSSR count). The Balaban J connectivity index is 2.08. The van der Waals surface area contributed by atoms with E-state index in [1.54, 1.807) is 6.20 Å². The van der Waals surface area contributed by atoms with Gasteiger partial charge in [-0.25, -0.2) is 0 Å². The van der Waals surface area contributed by atoms with Crippen molar-refractivity contribution in [2.45, 2.75) is 39.2 Å². The van der Waals surface area contributed by atoms with E-state index in [4.69, 9.17) is 4.52 Å². The van der Waals surface area contributed by atoms with E-state index in [9.17, 15) is 0 Å². The average Bonchev–Trinajstić information content (AvgIpc) is 2.94. The summed E-state index contributed by atoms with van der Waals surface area (Å²) in [7, 11) is 0. The quantitative estimate of drug-likeness (QED) is 0.865. The van der Waals surface area contributed by atoms with Crippen molar-refractivity contribution in [3.63, 3.8) is 0 Å². The van der Waals surface area contributed by atoms with Crippen LogP contribution in [0.4, 0.5) is 0 Å². The fraction of sp³-hybridized carbons (Fsp3) is 0.500. The topological polar surface area (TPSA) is 63.8 Å². The smallest absolute Gasteiger partial charge is 0.231 e. The summed E-state index contributed by atoms with van der Waals surface area (Å²) in [5.74, 6) is 1.37. The number of hydrogen-bond donors (Lipinski definition) is 1. The lowest BCUT2D eigenvalue weighted by Gasteiger charge is -2.17. The van der Waals surface area contributed by atoms with Crippen LogP contribution in [0.3, 0.4) is 0 Å². The van der Waals surface area contributed by atoms with E-state index in [1.165, 1.54) is 0 Å². The number of hydrogen-bond acceptors (Lipinski definition) is 5. The van der Waals surface area contributed by atoms with Gasteiger partial charge in [0.2, 0.25) is 11.7 Å². The Kier molecular flexibility index (Phi) is 4.63. The van der Waals surface area contributed by atoms with Crippen LogP contribution in [0.1, 0.15) is 39.0 Å². The van der Waals surface area contributed by atoms with E-state index in [0.717, 1.165) is 18.7 Å². The number of rotatable bonds is 6. The second kappa shape index (κ2) is 6.43. The van der Waals surface area contributed by atoms with Gasteiger partial charge in [0, 0.05) is 12.2 Å². The molecular formula is C14H20N4O. The van der Waals surface area contributed by atoms with Crippen LogP contribution < -0.4 is 5.32 Å². The highest BCUT2D eigenvalue weighted by atomic mass is 16.5. The predicted molar refractivity (Wildman–Crippen MR) is 73.7 cm³/mol. The van der Waals surface area contributed by atoms with Gasteiger partial charge in [-0.3, -0.25) is 4.98 Å². The molecule has 0 aliphatic heterocycles. The molecule has 1 N–H and O–H groups in total. The zero-order chi connectivity index (χ0) is 13.7. The normalized spacial score (nSPS) is 14.3. The lowest BCUT2D eigenvalue weighted by atomic mass is 10.0. The van der Waals surface area contributed by atoms with Crippen LogP contribution >= 0.6 is 0 Å². The molecule has 2 aromatic heterocycles. The summed E-state index contributed by atoms with van der Waals surface area (Å²) in [4.78, 5) is 8.64. The molecule has 0 aliphatic carbocycles. The van der Waals surface area contributed by atoms with E-state index in [0.29, 0.717) is 17.8 Å². The van der Waals surface area contributed by atoms with E-state index in [-0.39, 0.29) is 5.92 Å². The zero-order valence-electron chi connectivity index (χ0n) is 11.6. The predicted octanol–water partition coefficient (Wildman–Crippen LogP) is 2.62. The molecule has 0 aliphatic rings. The minimum absolute atomic E-state index is 0.177. The van der Waals surface area contributed by atoms with Gasteiger partial charge in [0.1, 0.15) is 5.69 Å². The maximum absolute atomic E-state index is 5.34. The first kappa shape index (κ1) is 13.7. The standard InChI is InChI=1S/C14H20N4O/c1-4-8-15-11(3)10(2)14-17-13(18-19-14)12-7-5-6-9-16-12/h5-7,9-11,15H,4,8H2,1-3H3. The van der Waals surface area contributed by atoms with Crippen molar-refractivity contribution in [1.82, 2.24) is 20.4 Å². The van der Waals surface area contributed by atoms with Crippen LogP contribution in [0.2, 0.25) is 0 Å². The molecule has 102 valence electrons. The van der Waals surface area contributed by atoms with Gasteiger partial charge < -0.3 is 9.84 Å². The van der Waals surface area contributed by atoms with Crippen LogP contribution in [0.15, 0.2) is 28.9 Å². The third-order valence-corrected chi connectivity index (χ3v) is 3.19. The van der Waals surface area contributed by atoms with Crippen molar-refractivity contribution < 1.29 is 4.52 Å². The Labute approximate surface area is 113 Å². The summed E-state index contributed by atoms with van der Waals surface area (Å²) in [5, 5.41) is 7.43. The highest BCUT2D eigenvalue weighted by Gasteiger charge is 2.20. The molecule has 0 bridgehead atoms. The highest BCUT2D eigenvalue weighted by molar-refractivity contribution is 5.47. The number of nitrogens with zero attached hydrogens (tertiary/aromatic N) is 3. The fourth-order valence-electron chi connectivity index (χ4n) is 1.78. The Bertz CT molecular complexity index is 497. The van der Waals surface area contributed by atoms with Gasteiger partial charge in [-0.15, -0.1) is 0 Å². The minimum Gasteiger partial charge on any atom is -0.339 e. The Hall–Kier alpha value is -1.75. The maximum atomic E-state index is 5.34. The number of nitrogens with one attached hydrogen (secondary N) is 1. The van der Waals surface area contributed by atoms with Gasteiger partial charge in [0.15, 0.2) is 0 Å². The van der Waals surface area contributed by atoms with Gasteiger partial charge in [-0.1, -0.05) is 25.1 Å². The summed E-state index contributed by atoms with van der Waals surface area (Å²) < 4.78 is 5.34. The van der Waals surface area contributed by atoms with Gasteiger partial charge in [-0.2, -0.15) is 4.98 Å². The SMILES string of the molecule is CCCNC(C)C(C)c1nc(-c2ccccn2)no1. The summed E-state index contributed by atoms with van der Waals surface area (Å²) in [6.45, 7) is 7.36. The minimum atomic E-state index is 0.177. The van der Waals surface area contributed by atoms with Crippen molar-refractivity contribution in [3.05, 3.63) is 30.3 Å². The number of aromatic nitrogens is 3. The van der Waals surface area contributed by atoms with Crippen molar-refractivity contribution in [3.8, 4) is 11.5 Å². The molecule has 0 amide bonds. The third-order valence-electron chi connectivity index (χ3n) is 3.19. The molecule has 0 fully saturated rings. The van der Waals surface area contributed by atoms with E-state index in [2.05, 4.69) is 41.2 Å². The molecule has 0 aromatic carbocycles. The zero-order valence-corrected chi connectivity index (χ0v) is 11.6. The molecule has 0 saturated carbocycles. The van der Waals surface area contributed by atoms with Crippen LogP contribution in [0, 0.1) is 0 Å². The monoisotopic (exact) mass is 260 g/mol. The number of pyridine rings is 1. The molecule has 0 radical (unpaired) electrons. The van der Waals surface area contributed by atoms with Crippen molar-refractivity contribution >= 4 is 0 Å². The Morgan fingerprint density at radius 2 is 2.16 bits per heavy atom. The second-order valence-electron chi connectivity index (χ2n) is 4.70. The van der Waals surface area contributed by atoms with E-state index in [1.807, 2.05) is 18.2 Å². The first-order valence-electron chi connectivity index (χ1n) is 6.70. The van der Waals surface area contributed by atoms with Crippen LogP contribution in [-0.4, -0.2) is 27.7 Å². The fourth-order valence-corrected chi connectivity index (χ4v) is 1.78. The first-order chi connectivity index (χ1) is 9.22. The summed E-state index contributed by atoms with van der Waals surface area (Å²) in [5.41, 5.74) is 0.735. The van der Waals surface area contributed by atoms with Crippen molar-refractivity contribution in [2.24, 2.45) is 0 Å². The van der Waals surface area contributed by atoms with Crippen molar-refractivity contribution in [2.75, 3.05) is 6.54 Å². The molecule has 0 saturated heterocycles. The summed E-state index contributed by atoms with van der Waals surface area (Å²) in [6, 6.07) is 5.95. The van der Waals surface area contributed by atoms with Gasteiger partial charge in [0.25, 0.3) is 0 Å². The summed E-state index contributed by atoms with van der Waals surface area (Å²) >= 11 is 0. The van der Waals surface area contributed by atoms with Crippen molar-refractivity contribution in [1.29, 1.82) is 0 Å². The molecule has 2 atom stereocenters. The molecule has 5 heteroatoms. The third kappa shape index (κ3) is 3.38. The molecule has 5 nitrogen and oxygen atoms in total. The average molecular weight is 260 g/mol. The molecule has 2 heterocycles. The largest absolute Gasteiger partial charge is 0.339 e. The maximum Gasteiger partial charge on any atom is 0.231 e. The highest BCUT2D eigenvalue weighted by Crippen LogP contribution is 2.20. The summed E-state index contributed by atoms with van der Waals surface area (Å²) in [6.07, 6.45) is 2.83. The van der Waals surface area contributed by atoms with E-state index >= 15 is 0 Å². The molecular weight excluding hydrogens is 240 g/mol. The molecule has 2 unspecified atom stereocenters. The molecule has 0 spiro atoms. The van der Waals surface area contributed by atoms with Crippen LogP contribution in [0.5, 0.6) is 0 Å². The van der Waals surface area contributed by atoms with Crippen LogP contribution in [0.25, 0.3) is 11.5 Å². The van der Waals surface area contributed by atoms with Gasteiger partial charge >= 0.3 is 0 Å². The van der Waals surface area contributed by atoms with Crippen LogP contribution in [-0.2, 0) is 0 Å². The first-order valence-corrected chi connectivity index (χ1v) is 6.70. The second-order valence-corrected chi connectivity index (χ2v) is 4.70. The Morgan fingerprint density at radius 3 is 2.84 bits per heavy atom.